The molecule has 0 aromatic heterocycles. The van der Waals surface area contributed by atoms with Gasteiger partial charge < -0.3 is 5.73 Å². The topological polar surface area (TPSA) is 26.0 Å². The summed E-state index contributed by atoms with van der Waals surface area (Å²) in [5, 5.41) is 0.682. The van der Waals surface area contributed by atoms with Crippen LogP contribution in [0.3, 0.4) is 0 Å². The van der Waals surface area contributed by atoms with Crippen molar-refractivity contribution in [1.82, 2.24) is 0 Å². The zero-order chi connectivity index (χ0) is 12.3. The van der Waals surface area contributed by atoms with Crippen LogP contribution in [0.25, 0.3) is 0 Å². The summed E-state index contributed by atoms with van der Waals surface area (Å²) in [6.07, 6.45) is 0. The van der Waals surface area contributed by atoms with Gasteiger partial charge in [-0.15, -0.1) is 11.8 Å². The van der Waals surface area contributed by atoms with E-state index in [4.69, 9.17) is 17.3 Å². The predicted molar refractivity (Wildman–Crippen MR) is 71.8 cm³/mol. The summed E-state index contributed by atoms with van der Waals surface area (Å²) >= 11 is 7.52. The average Bonchev–Trinajstić information content (AvgIpc) is 2.33. The number of nitrogens with two attached hydrogens (primary N) is 1. The second-order valence-corrected chi connectivity index (χ2v) is 4.96. The summed E-state index contributed by atoms with van der Waals surface area (Å²) in [6.45, 7) is 0. The molecule has 0 atom stereocenters. The van der Waals surface area contributed by atoms with Crippen LogP contribution in [0.1, 0.15) is 5.56 Å². The molecule has 88 valence electrons. The van der Waals surface area contributed by atoms with Crippen LogP contribution in [0, 0.1) is 5.82 Å². The van der Waals surface area contributed by atoms with E-state index in [0.717, 1.165) is 4.90 Å². The van der Waals surface area contributed by atoms with E-state index >= 15 is 0 Å². The largest absolute Gasteiger partial charge is 0.396 e. The molecule has 0 aliphatic heterocycles. The van der Waals surface area contributed by atoms with Gasteiger partial charge in [-0.25, -0.2) is 4.39 Å². The Balaban J connectivity index is 2.13. The van der Waals surface area contributed by atoms with Gasteiger partial charge in [0.1, 0.15) is 5.82 Å². The zero-order valence-electron chi connectivity index (χ0n) is 8.99. The molecule has 2 N–H and O–H groups in total. The van der Waals surface area contributed by atoms with Gasteiger partial charge in [-0.2, -0.15) is 0 Å². The monoisotopic (exact) mass is 267 g/mol. The molecule has 0 amide bonds. The van der Waals surface area contributed by atoms with Crippen LogP contribution < -0.4 is 5.73 Å². The van der Waals surface area contributed by atoms with Crippen molar-refractivity contribution in [3.05, 3.63) is 58.9 Å². The van der Waals surface area contributed by atoms with Crippen LogP contribution in [-0.2, 0) is 5.75 Å². The fourth-order valence-electron chi connectivity index (χ4n) is 1.43. The van der Waals surface area contributed by atoms with Gasteiger partial charge in [0.05, 0.1) is 10.7 Å². The number of thioether (sulfide) groups is 1. The van der Waals surface area contributed by atoms with Crippen molar-refractivity contribution in [2.24, 2.45) is 0 Å². The lowest BCUT2D eigenvalue weighted by Gasteiger charge is -2.06. The minimum atomic E-state index is -0.341. The highest BCUT2D eigenvalue weighted by Gasteiger charge is 2.07. The molecule has 0 unspecified atom stereocenters. The molecule has 0 saturated carbocycles. The first-order chi connectivity index (χ1) is 8.18. The van der Waals surface area contributed by atoms with Crippen molar-refractivity contribution in [3.8, 4) is 0 Å². The van der Waals surface area contributed by atoms with Crippen LogP contribution in [0.5, 0.6) is 0 Å². The van der Waals surface area contributed by atoms with Gasteiger partial charge in [0, 0.05) is 16.2 Å². The standard InChI is InChI=1S/C13H11ClFNS/c14-10-5-1-2-7-12(10)17-8-9-4-3-6-11(16)13(9)15/h1-7H,8,16H2. The third-order valence-electron chi connectivity index (χ3n) is 2.33. The second kappa shape index (κ2) is 5.43. The first kappa shape index (κ1) is 12.3. The van der Waals surface area contributed by atoms with Crippen molar-refractivity contribution in [2.75, 3.05) is 5.73 Å². The van der Waals surface area contributed by atoms with Gasteiger partial charge in [0.15, 0.2) is 0 Å². The molecule has 1 nitrogen and oxygen atoms in total. The Hall–Kier alpha value is -1.19. The van der Waals surface area contributed by atoms with Crippen LogP contribution in [0.15, 0.2) is 47.4 Å². The van der Waals surface area contributed by atoms with Gasteiger partial charge in [-0.3, -0.25) is 0 Å². The Kier molecular flexibility index (Phi) is 3.92. The van der Waals surface area contributed by atoms with E-state index in [2.05, 4.69) is 0 Å². The van der Waals surface area contributed by atoms with E-state index in [0.29, 0.717) is 16.3 Å². The van der Waals surface area contributed by atoms with E-state index in [1.165, 1.54) is 11.8 Å². The summed E-state index contributed by atoms with van der Waals surface area (Å²) in [6, 6.07) is 12.5. The fourth-order valence-corrected chi connectivity index (χ4v) is 2.64. The maximum atomic E-state index is 13.6. The van der Waals surface area contributed by atoms with Gasteiger partial charge in [-0.05, 0) is 18.2 Å². The third-order valence-corrected chi connectivity index (χ3v) is 3.89. The van der Waals surface area contributed by atoms with Crippen molar-refractivity contribution in [1.29, 1.82) is 0 Å². The summed E-state index contributed by atoms with van der Waals surface area (Å²) in [5.74, 6) is 0.174. The lowest BCUT2D eigenvalue weighted by molar-refractivity contribution is 0.622. The van der Waals surface area contributed by atoms with E-state index in [9.17, 15) is 4.39 Å². The van der Waals surface area contributed by atoms with E-state index in [1.807, 2.05) is 24.3 Å². The molecular weight excluding hydrogens is 257 g/mol. The van der Waals surface area contributed by atoms with Gasteiger partial charge in [0.25, 0.3) is 0 Å². The van der Waals surface area contributed by atoms with E-state index in [1.54, 1.807) is 18.2 Å². The quantitative estimate of drug-likeness (QED) is 0.661. The Bertz CT molecular complexity index is 531. The molecule has 2 aromatic rings. The summed E-state index contributed by atoms with van der Waals surface area (Å²) in [7, 11) is 0. The van der Waals surface area contributed by atoms with Crippen LogP contribution in [0.2, 0.25) is 5.02 Å². The minimum Gasteiger partial charge on any atom is -0.396 e. The predicted octanol–water partition coefficient (Wildman–Crippen LogP) is 4.35. The number of hydrogen-bond acceptors (Lipinski definition) is 2. The van der Waals surface area contributed by atoms with Crippen molar-refractivity contribution in [2.45, 2.75) is 10.6 Å². The smallest absolute Gasteiger partial charge is 0.150 e. The summed E-state index contributed by atoms with van der Waals surface area (Å²) in [5.41, 5.74) is 6.28. The molecule has 17 heavy (non-hydrogen) atoms. The molecule has 0 aliphatic rings. The molecule has 0 fully saturated rings. The van der Waals surface area contributed by atoms with E-state index in [-0.39, 0.29) is 11.5 Å². The third kappa shape index (κ3) is 2.93. The first-order valence-electron chi connectivity index (χ1n) is 5.08. The van der Waals surface area contributed by atoms with Gasteiger partial charge in [0.2, 0.25) is 0 Å². The number of nitrogen functional groups attached to an aromatic ring is 1. The summed E-state index contributed by atoms with van der Waals surface area (Å²) in [4.78, 5) is 0.941. The number of benzene rings is 2. The SMILES string of the molecule is Nc1cccc(CSc2ccccc2Cl)c1F. The number of halogens is 2. The zero-order valence-corrected chi connectivity index (χ0v) is 10.6. The first-order valence-corrected chi connectivity index (χ1v) is 6.45. The highest BCUT2D eigenvalue weighted by atomic mass is 35.5. The molecule has 0 saturated heterocycles. The molecule has 2 aromatic carbocycles. The lowest BCUT2D eigenvalue weighted by Crippen LogP contribution is -1.95. The van der Waals surface area contributed by atoms with Crippen LogP contribution in [-0.4, -0.2) is 0 Å². The number of hydrogen-bond donors (Lipinski definition) is 1. The Labute approximate surface area is 109 Å². The normalized spacial score (nSPS) is 10.5. The Morgan fingerprint density at radius 1 is 1.12 bits per heavy atom. The minimum absolute atomic E-state index is 0.183. The highest BCUT2D eigenvalue weighted by molar-refractivity contribution is 7.98. The Morgan fingerprint density at radius 2 is 1.88 bits per heavy atom. The van der Waals surface area contributed by atoms with Crippen molar-refractivity contribution in [3.63, 3.8) is 0 Å². The van der Waals surface area contributed by atoms with E-state index < -0.39 is 0 Å². The molecule has 0 bridgehead atoms. The molecule has 0 heterocycles. The maximum Gasteiger partial charge on any atom is 0.150 e. The summed E-state index contributed by atoms with van der Waals surface area (Å²) < 4.78 is 13.6. The van der Waals surface area contributed by atoms with Crippen molar-refractivity contribution < 1.29 is 4.39 Å². The molecular formula is C13H11ClFNS. The van der Waals surface area contributed by atoms with Crippen LogP contribution >= 0.6 is 23.4 Å². The molecule has 4 heteroatoms. The van der Waals surface area contributed by atoms with Gasteiger partial charge >= 0.3 is 0 Å². The number of rotatable bonds is 3. The molecule has 2 rings (SSSR count). The maximum absolute atomic E-state index is 13.6. The molecule has 0 aliphatic carbocycles. The van der Waals surface area contributed by atoms with Gasteiger partial charge in [-0.1, -0.05) is 35.9 Å². The highest BCUT2D eigenvalue weighted by Crippen LogP contribution is 2.30. The molecule has 0 spiro atoms. The van der Waals surface area contributed by atoms with Crippen LogP contribution in [0.4, 0.5) is 10.1 Å². The van der Waals surface area contributed by atoms with Crippen molar-refractivity contribution >= 4 is 29.1 Å². The Morgan fingerprint density at radius 3 is 2.65 bits per heavy atom. The fraction of sp³-hybridized carbons (Fsp3) is 0.0769. The average molecular weight is 268 g/mol. The second-order valence-electron chi connectivity index (χ2n) is 3.54. The number of anilines is 1. The molecule has 0 radical (unpaired) electrons. The lowest BCUT2D eigenvalue weighted by atomic mass is 10.2.